The van der Waals surface area contributed by atoms with E-state index in [0.717, 1.165) is 19.3 Å². The summed E-state index contributed by atoms with van der Waals surface area (Å²) in [5, 5.41) is 3.00. The standard InChI is InChI=1S/C7H13NO3S/c9-12(10)5-8-6-3-1-2-4-7(6)11-12/h6-8H,1-5H2. The first-order valence-electron chi connectivity index (χ1n) is 4.32. The van der Waals surface area contributed by atoms with Crippen LogP contribution in [0.2, 0.25) is 0 Å². The van der Waals surface area contributed by atoms with Gasteiger partial charge in [0.05, 0.1) is 6.10 Å². The van der Waals surface area contributed by atoms with E-state index in [-0.39, 0.29) is 18.0 Å². The molecule has 1 saturated heterocycles. The first-order valence-corrected chi connectivity index (χ1v) is 5.89. The van der Waals surface area contributed by atoms with E-state index < -0.39 is 10.1 Å². The van der Waals surface area contributed by atoms with Gasteiger partial charge in [-0.25, -0.2) is 0 Å². The van der Waals surface area contributed by atoms with Crippen molar-refractivity contribution in [2.75, 3.05) is 5.88 Å². The van der Waals surface area contributed by atoms with Gasteiger partial charge < -0.3 is 0 Å². The summed E-state index contributed by atoms with van der Waals surface area (Å²) in [6.45, 7) is 0. The van der Waals surface area contributed by atoms with Gasteiger partial charge in [0, 0.05) is 6.04 Å². The zero-order chi connectivity index (χ0) is 8.60. The monoisotopic (exact) mass is 191 g/mol. The zero-order valence-corrected chi connectivity index (χ0v) is 7.64. The van der Waals surface area contributed by atoms with E-state index in [1.807, 2.05) is 0 Å². The van der Waals surface area contributed by atoms with Crippen LogP contribution in [0.25, 0.3) is 0 Å². The van der Waals surface area contributed by atoms with E-state index in [2.05, 4.69) is 5.32 Å². The summed E-state index contributed by atoms with van der Waals surface area (Å²) < 4.78 is 27.0. The molecule has 2 aliphatic rings. The van der Waals surface area contributed by atoms with Crippen molar-refractivity contribution in [1.29, 1.82) is 0 Å². The molecule has 0 radical (unpaired) electrons. The van der Waals surface area contributed by atoms with Crippen LogP contribution < -0.4 is 5.32 Å². The first kappa shape index (κ1) is 8.47. The highest BCUT2D eigenvalue weighted by Crippen LogP contribution is 2.25. The Bertz CT molecular complexity index is 262. The molecule has 0 amide bonds. The highest BCUT2D eigenvalue weighted by molar-refractivity contribution is 7.86. The molecule has 5 heteroatoms. The number of nitrogens with one attached hydrogen (secondary N) is 1. The topological polar surface area (TPSA) is 55.4 Å². The van der Waals surface area contributed by atoms with Gasteiger partial charge in [-0.3, -0.25) is 9.50 Å². The number of hydrogen-bond acceptors (Lipinski definition) is 4. The molecule has 0 aromatic carbocycles. The van der Waals surface area contributed by atoms with Crippen molar-refractivity contribution in [1.82, 2.24) is 5.32 Å². The second-order valence-corrected chi connectivity index (χ2v) is 5.03. The Morgan fingerprint density at radius 1 is 1.25 bits per heavy atom. The SMILES string of the molecule is O=S1(=O)CNC2CCCCC2O1. The quantitative estimate of drug-likeness (QED) is 0.556. The maximum absolute atomic E-state index is 11.0. The van der Waals surface area contributed by atoms with Gasteiger partial charge in [0.2, 0.25) is 0 Å². The van der Waals surface area contributed by atoms with Crippen LogP contribution in [0.5, 0.6) is 0 Å². The van der Waals surface area contributed by atoms with Crippen molar-refractivity contribution in [3.8, 4) is 0 Å². The second kappa shape index (κ2) is 2.97. The van der Waals surface area contributed by atoms with Crippen LogP contribution in [0, 0.1) is 0 Å². The van der Waals surface area contributed by atoms with Crippen LogP contribution in [0.15, 0.2) is 0 Å². The fourth-order valence-corrected chi connectivity index (χ4v) is 2.97. The predicted octanol–water partition coefficient (Wildman–Crippen LogP) is 0.205. The van der Waals surface area contributed by atoms with Gasteiger partial charge in [0.15, 0.2) is 0 Å². The summed E-state index contributed by atoms with van der Waals surface area (Å²) >= 11 is 0. The van der Waals surface area contributed by atoms with Gasteiger partial charge in [-0.15, -0.1) is 0 Å². The Balaban J connectivity index is 2.08. The van der Waals surface area contributed by atoms with Crippen molar-refractivity contribution < 1.29 is 12.6 Å². The van der Waals surface area contributed by atoms with Gasteiger partial charge in [-0.2, -0.15) is 8.42 Å². The van der Waals surface area contributed by atoms with E-state index in [4.69, 9.17) is 4.18 Å². The van der Waals surface area contributed by atoms with Crippen molar-refractivity contribution in [2.45, 2.75) is 37.8 Å². The lowest BCUT2D eigenvalue weighted by molar-refractivity contribution is 0.105. The summed E-state index contributed by atoms with van der Waals surface area (Å²) in [5.41, 5.74) is 0. The predicted molar refractivity (Wildman–Crippen MR) is 44.1 cm³/mol. The van der Waals surface area contributed by atoms with Gasteiger partial charge in [0.1, 0.15) is 5.88 Å². The Morgan fingerprint density at radius 3 is 2.83 bits per heavy atom. The van der Waals surface area contributed by atoms with E-state index in [1.165, 1.54) is 6.42 Å². The number of fused-ring (bicyclic) bond motifs is 1. The van der Waals surface area contributed by atoms with Crippen LogP contribution in [-0.4, -0.2) is 26.4 Å². The second-order valence-electron chi connectivity index (χ2n) is 3.43. The van der Waals surface area contributed by atoms with Gasteiger partial charge in [0.25, 0.3) is 10.1 Å². The lowest BCUT2D eigenvalue weighted by Gasteiger charge is -2.35. The van der Waals surface area contributed by atoms with E-state index in [9.17, 15) is 8.42 Å². The average Bonchev–Trinajstić information content (AvgIpc) is 2.02. The number of hydrogen-bond donors (Lipinski definition) is 1. The highest BCUT2D eigenvalue weighted by atomic mass is 32.2. The Morgan fingerprint density at radius 2 is 2.00 bits per heavy atom. The molecule has 2 rings (SSSR count). The van der Waals surface area contributed by atoms with Crippen LogP contribution in [-0.2, 0) is 14.3 Å². The van der Waals surface area contributed by atoms with Crippen LogP contribution >= 0.6 is 0 Å². The minimum absolute atomic E-state index is 0.0197. The molecule has 4 nitrogen and oxygen atoms in total. The fourth-order valence-electron chi connectivity index (χ4n) is 1.88. The van der Waals surface area contributed by atoms with Crippen LogP contribution in [0.1, 0.15) is 25.7 Å². The first-order chi connectivity index (χ1) is 5.67. The zero-order valence-electron chi connectivity index (χ0n) is 6.82. The van der Waals surface area contributed by atoms with Crippen LogP contribution in [0.4, 0.5) is 0 Å². The van der Waals surface area contributed by atoms with Crippen molar-refractivity contribution >= 4 is 10.1 Å². The molecule has 2 atom stereocenters. The van der Waals surface area contributed by atoms with E-state index in [0.29, 0.717) is 0 Å². The molecule has 0 bridgehead atoms. The molecule has 1 aliphatic heterocycles. The molecular weight excluding hydrogens is 178 g/mol. The van der Waals surface area contributed by atoms with E-state index >= 15 is 0 Å². The Labute approximate surface area is 72.4 Å². The van der Waals surface area contributed by atoms with Crippen LogP contribution in [0.3, 0.4) is 0 Å². The van der Waals surface area contributed by atoms with Gasteiger partial charge in [-0.05, 0) is 12.8 Å². The number of rotatable bonds is 0. The molecule has 1 saturated carbocycles. The molecule has 1 N–H and O–H groups in total. The third-order valence-electron chi connectivity index (χ3n) is 2.50. The molecule has 12 heavy (non-hydrogen) atoms. The third-order valence-corrected chi connectivity index (χ3v) is 3.56. The largest absolute Gasteiger partial charge is 0.296 e. The van der Waals surface area contributed by atoms with Crippen molar-refractivity contribution in [3.05, 3.63) is 0 Å². The summed E-state index contributed by atoms with van der Waals surface area (Å²) in [6, 6.07) is 0.266. The molecule has 0 aromatic heterocycles. The molecule has 0 spiro atoms. The maximum atomic E-state index is 11.0. The molecular formula is C7H13NO3S. The molecule has 70 valence electrons. The lowest BCUT2D eigenvalue weighted by atomic mass is 9.93. The summed E-state index contributed by atoms with van der Waals surface area (Å²) in [7, 11) is -3.26. The Kier molecular flexibility index (Phi) is 2.10. The lowest BCUT2D eigenvalue weighted by Crippen LogP contribution is -2.51. The summed E-state index contributed by atoms with van der Waals surface area (Å²) in [4.78, 5) is 0. The molecule has 0 aromatic rings. The van der Waals surface area contributed by atoms with Crippen molar-refractivity contribution in [2.24, 2.45) is 0 Å². The van der Waals surface area contributed by atoms with Gasteiger partial charge in [-0.1, -0.05) is 12.8 Å². The third kappa shape index (κ3) is 1.62. The molecule has 2 fully saturated rings. The fraction of sp³-hybridized carbons (Fsp3) is 1.00. The smallest absolute Gasteiger partial charge is 0.280 e. The minimum Gasteiger partial charge on any atom is -0.296 e. The summed E-state index contributed by atoms with van der Waals surface area (Å²) in [5.74, 6) is -0.0197. The van der Waals surface area contributed by atoms with E-state index in [1.54, 1.807) is 0 Å². The molecule has 2 unspecified atom stereocenters. The van der Waals surface area contributed by atoms with Crippen molar-refractivity contribution in [3.63, 3.8) is 0 Å². The maximum Gasteiger partial charge on any atom is 0.280 e. The highest BCUT2D eigenvalue weighted by Gasteiger charge is 2.34. The summed E-state index contributed by atoms with van der Waals surface area (Å²) in [6.07, 6.45) is 4.07. The molecule has 1 heterocycles. The average molecular weight is 191 g/mol. The normalized spacial score (nSPS) is 40.3. The Hall–Kier alpha value is -0.130. The molecule has 1 aliphatic carbocycles. The minimum atomic E-state index is -3.26. The van der Waals surface area contributed by atoms with Gasteiger partial charge >= 0.3 is 0 Å².